The predicted octanol–water partition coefficient (Wildman–Crippen LogP) is 7.47. The van der Waals surface area contributed by atoms with E-state index in [1.807, 2.05) is 84.9 Å². The minimum Gasteiger partial charge on any atom is -0.488 e. The number of benzene rings is 4. The van der Waals surface area contributed by atoms with Gasteiger partial charge in [-0.3, -0.25) is 9.51 Å². The zero-order chi connectivity index (χ0) is 29.3. The van der Waals surface area contributed by atoms with Crippen molar-refractivity contribution >= 4 is 23.6 Å². The van der Waals surface area contributed by atoms with Crippen LogP contribution in [-0.4, -0.2) is 21.2 Å². The third-order valence-electron chi connectivity index (χ3n) is 6.98. The largest absolute Gasteiger partial charge is 0.488 e. The van der Waals surface area contributed by atoms with E-state index in [9.17, 15) is 14.7 Å². The van der Waals surface area contributed by atoms with Crippen molar-refractivity contribution in [2.45, 2.75) is 25.9 Å². The number of hydrogen-bond acceptors (Lipinski definition) is 5. The maximum absolute atomic E-state index is 11.3. The van der Waals surface area contributed by atoms with Crippen LogP contribution in [0.25, 0.3) is 17.5 Å². The van der Waals surface area contributed by atoms with Crippen LogP contribution in [0.4, 0.5) is 0 Å². The molecule has 0 bridgehead atoms. The van der Waals surface area contributed by atoms with Gasteiger partial charge in [-0.05, 0) is 60.6 Å². The number of carboxylic acids is 1. The molecule has 0 aliphatic rings. The lowest BCUT2D eigenvalue weighted by atomic mass is 9.91. The number of hydrogen-bond donors (Lipinski definition) is 2. The van der Waals surface area contributed by atoms with Gasteiger partial charge in [0.1, 0.15) is 12.4 Å². The van der Waals surface area contributed by atoms with E-state index in [1.165, 1.54) is 0 Å². The van der Waals surface area contributed by atoms with Crippen molar-refractivity contribution in [3.8, 4) is 17.1 Å². The number of nitrogens with zero attached hydrogens (tertiary/aromatic N) is 1. The number of allylic oxidation sites excluding steroid dienone is 1. The Morgan fingerprint density at radius 3 is 2.38 bits per heavy atom. The Labute approximate surface area is 248 Å². The van der Waals surface area contributed by atoms with Crippen LogP contribution in [0, 0.1) is 5.92 Å². The highest BCUT2D eigenvalue weighted by Crippen LogP contribution is 2.26. The Morgan fingerprint density at radius 1 is 0.952 bits per heavy atom. The molecule has 0 aliphatic carbocycles. The van der Waals surface area contributed by atoms with Crippen LogP contribution in [0.3, 0.4) is 0 Å². The van der Waals surface area contributed by atoms with Gasteiger partial charge in [0.25, 0.3) is 0 Å². The molecule has 1 unspecified atom stereocenters. The molecule has 1 atom stereocenters. The minimum absolute atomic E-state index is 0.179. The minimum atomic E-state index is -0.934. The zero-order valence-electron chi connectivity index (χ0n) is 22.7. The molecule has 0 fully saturated rings. The second-order valence-electron chi connectivity index (χ2n) is 9.92. The summed E-state index contributed by atoms with van der Waals surface area (Å²) in [6, 6.07) is 30.4. The van der Waals surface area contributed by atoms with E-state index in [2.05, 4.69) is 26.8 Å². The number of aryl methyl sites for hydroxylation is 1. The van der Waals surface area contributed by atoms with Crippen molar-refractivity contribution in [3.63, 3.8) is 0 Å². The molecule has 4 aromatic carbocycles. The Kier molecular flexibility index (Phi) is 9.31. The van der Waals surface area contributed by atoms with E-state index in [1.54, 1.807) is 12.1 Å². The second kappa shape index (κ2) is 13.7. The van der Waals surface area contributed by atoms with Gasteiger partial charge in [-0.15, -0.1) is 0 Å². The molecule has 0 amide bonds. The average Bonchev–Trinajstić information content (AvgIpc) is 3.45. The normalized spacial score (nSPS) is 11.9. The van der Waals surface area contributed by atoms with Crippen LogP contribution in [0.15, 0.2) is 112 Å². The molecule has 0 spiro atoms. The van der Waals surface area contributed by atoms with Crippen molar-refractivity contribution in [1.29, 1.82) is 0 Å². The molecule has 5 aromatic rings. The number of H-pyrrole nitrogens is 1. The number of aromatic amines is 1. The Morgan fingerprint density at radius 2 is 1.67 bits per heavy atom. The first-order chi connectivity index (χ1) is 20.4. The monoisotopic (exact) mass is 580 g/mol. The van der Waals surface area contributed by atoms with Crippen LogP contribution in [0.2, 0.25) is 5.02 Å². The van der Waals surface area contributed by atoms with Crippen LogP contribution in [0.1, 0.15) is 39.0 Å². The average molecular weight is 581 g/mol. The molecule has 8 heteroatoms. The molecule has 5 rings (SSSR count). The highest BCUT2D eigenvalue weighted by molar-refractivity contribution is 6.31. The summed E-state index contributed by atoms with van der Waals surface area (Å²) in [6.45, 7) is 0.365. The molecular weight excluding hydrogens is 552 g/mol. The summed E-state index contributed by atoms with van der Waals surface area (Å²) in [7, 11) is 0. The number of aromatic carboxylic acids is 1. The molecule has 212 valence electrons. The van der Waals surface area contributed by atoms with E-state index < -0.39 is 11.7 Å². The van der Waals surface area contributed by atoms with Crippen molar-refractivity contribution in [2.75, 3.05) is 0 Å². The lowest BCUT2D eigenvalue weighted by molar-refractivity contribution is 0.0697. The number of carboxylic acid groups (broad SMARTS) is 1. The van der Waals surface area contributed by atoms with E-state index in [0.717, 1.165) is 52.8 Å². The number of aromatic nitrogens is 2. The van der Waals surface area contributed by atoms with Crippen molar-refractivity contribution in [2.24, 2.45) is 5.92 Å². The summed E-state index contributed by atoms with van der Waals surface area (Å²) >= 11 is 6.32. The van der Waals surface area contributed by atoms with Gasteiger partial charge >= 0.3 is 11.7 Å². The van der Waals surface area contributed by atoms with Crippen LogP contribution in [-0.2, 0) is 19.4 Å². The number of para-hydroxylation sites is 1. The number of carbonyl (C=O) groups is 1. The topological polar surface area (TPSA) is 105 Å². The van der Waals surface area contributed by atoms with Gasteiger partial charge in [0.2, 0.25) is 0 Å². The third kappa shape index (κ3) is 7.65. The molecule has 42 heavy (non-hydrogen) atoms. The Hall–Kier alpha value is -4.88. The summed E-state index contributed by atoms with van der Waals surface area (Å²) in [4.78, 5) is 25.1. The summed E-state index contributed by atoms with van der Waals surface area (Å²) in [5, 5.41) is 13.6. The molecule has 1 heterocycles. The standard InChI is InChI=1S/C34H29ClN2O5/c35-30-7-3-1-6-29(30)22-41-31-8-4-2-5-26(31)16-13-24(10-9-23-11-19-28(20-12-23)33(38)39)21-25-14-17-27(18-15-25)32-36-34(40)42-37-32/h1-8,11-20,24H,9-10,21-22H2,(H,38,39)(H,36,37,40)/b16-13+. The van der Waals surface area contributed by atoms with Gasteiger partial charge in [0.05, 0.1) is 5.56 Å². The highest BCUT2D eigenvalue weighted by Gasteiger charge is 2.11. The lowest BCUT2D eigenvalue weighted by Gasteiger charge is -2.15. The molecule has 1 aromatic heterocycles. The zero-order valence-corrected chi connectivity index (χ0v) is 23.5. The van der Waals surface area contributed by atoms with Gasteiger partial charge in [-0.1, -0.05) is 102 Å². The first-order valence-corrected chi connectivity index (χ1v) is 13.9. The highest BCUT2D eigenvalue weighted by atomic mass is 35.5. The summed E-state index contributed by atoms with van der Waals surface area (Å²) in [5.74, 6) is -0.190. The smallest absolute Gasteiger partial charge is 0.439 e. The molecular formula is C34H29ClN2O5. The Bertz CT molecular complexity index is 1720. The fourth-order valence-corrected chi connectivity index (χ4v) is 4.84. The van der Waals surface area contributed by atoms with Gasteiger partial charge in [0.15, 0.2) is 5.82 Å². The van der Waals surface area contributed by atoms with Gasteiger partial charge in [-0.2, -0.15) is 0 Å². The first kappa shape index (κ1) is 28.6. The molecule has 0 saturated carbocycles. The van der Waals surface area contributed by atoms with Crippen LogP contribution in [0.5, 0.6) is 5.75 Å². The molecule has 7 nitrogen and oxygen atoms in total. The molecule has 0 aliphatic heterocycles. The SMILES string of the molecule is O=C(O)c1ccc(CCC(/C=C/c2ccccc2OCc2ccccc2Cl)Cc2ccc(-c3noc(=O)[nH]3)cc2)cc1. The van der Waals surface area contributed by atoms with Gasteiger partial charge in [-0.25, -0.2) is 9.59 Å². The fourth-order valence-electron chi connectivity index (χ4n) is 4.65. The van der Waals surface area contributed by atoms with Crippen molar-refractivity contribution in [3.05, 3.63) is 147 Å². The van der Waals surface area contributed by atoms with E-state index in [0.29, 0.717) is 17.5 Å². The maximum atomic E-state index is 11.3. The summed E-state index contributed by atoms with van der Waals surface area (Å²) < 4.78 is 10.8. The van der Waals surface area contributed by atoms with E-state index in [-0.39, 0.29) is 11.5 Å². The lowest BCUT2D eigenvalue weighted by Crippen LogP contribution is -2.04. The number of ether oxygens (including phenoxy) is 1. The summed E-state index contributed by atoms with van der Waals surface area (Å²) in [6.07, 6.45) is 6.71. The van der Waals surface area contributed by atoms with Crippen LogP contribution >= 0.6 is 11.6 Å². The Balaban J connectivity index is 1.33. The van der Waals surface area contributed by atoms with Gasteiger partial charge in [0, 0.05) is 21.7 Å². The fraction of sp³-hybridized carbons (Fsp3) is 0.147. The molecule has 0 radical (unpaired) electrons. The van der Waals surface area contributed by atoms with Gasteiger partial charge < -0.3 is 9.84 Å². The predicted molar refractivity (Wildman–Crippen MR) is 163 cm³/mol. The van der Waals surface area contributed by atoms with Crippen LogP contribution < -0.4 is 10.5 Å². The first-order valence-electron chi connectivity index (χ1n) is 13.6. The number of nitrogens with one attached hydrogen (secondary N) is 1. The summed E-state index contributed by atoms with van der Waals surface area (Å²) in [5.41, 5.74) is 5.13. The van der Waals surface area contributed by atoms with Crippen molar-refractivity contribution in [1.82, 2.24) is 10.1 Å². The van der Waals surface area contributed by atoms with E-state index in [4.69, 9.17) is 16.3 Å². The van der Waals surface area contributed by atoms with E-state index >= 15 is 0 Å². The second-order valence-corrected chi connectivity index (χ2v) is 10.3. The third-order valence-corrected chi connectivity index (χ3v) is 7.35. The molecule has 0 saturated heterocycles. The maximum Gasteiger partial charge on any atom is 0.439 e. The quantitative estimate of drug-likeness (QED) is 0.159. The number of halogens is 1. The molecule has 2 N–H and O–H groups in total. The number of rotatable bonds is 12. The van der Waals surface area contributed by atoms with Crippen molar-refractivity contribution < 1.29 is 19.2 Å².